The summed E-state index contributed by atoms with van der Waals surface area (Å²) in [5.41, 5.74) is 1.20. The maximum absolute atomic E-state index is 11.8. The summed E-state index contributed by atoms with van der Waals surface area (Å²) in [6.07, 6.45) is 5.20. The van der Waals surface area contributed by atoms with Crippen LogP contribution in [0.1, 0.15) is 38.3 Å². The first-order valence-corrected chi connectivity index (χ1v) is 7.62. The van der Waals surface area contributed by atoms with Crippen molar-refractivity contribution in [3.8, 4) is 0 Å². The van der Waals surface area contributed by atoms with E-state index in [1.165, 1.54) is 6.08 Å². The third-order valence-electron chi connectivity index (χ3n) is 3.27. The molecule has 2 rings (SSSR count). The van der Waals surface area contributed by atoms with Gasteiger partial charge in [-0.25, -0.2) is 9.78 Å². The molecule has 0 aliphatic carbocycles. The molecule has 1 N–H and O–H groups in total. The van der Waals surface area contributed by atoms with Crippen molar-refractivity contribution in [2.24, 2.45) is 0 Å². The van der Waals surface area contributed by atoms with Crippen molar-refractivity contribution in [3.63, 3.8) is 0 Å². The molecular weight excluding hydrogens is 294 g/mol. The van der Waals surface area contributed by atoms with E-state index in [-0.39, 0.29) is 5.91 Å². The van der Waals surface area contributed by atoms with Gasteiger partial charge in [0.05, 0.1) is 0 Å². The van der Waals surface area contributed by atoms with Crippen molar-refractivity contribution in [1.29, 1.82) is 0 Å². The van der Waals surface area contributed by atoms with E-state index in [0.29, 0.717) is 19.5 Å². The molecule has 0 unspecified atom stereocenters. The number of aromatic nitrogens is 1. The van der Waals surface area contributed by atoms with E-state index in [9.17, 15) is 9.59 Å². The zero-order valence-electron chi connectivity index (χ0n) is 14.0. The summed E-state index contributed by atoms with van der Waals surface area (Å²) >= 11 is 0. The van der Waals surface area contributed by atoms with Gasteiger partial charge in [-0.3, -0.25) is 4.79 Å². The van der Waals surface area contributed by atoms with Gasteiger partial charge in [-0.15, -0.1) is 0 Å². The van der Waals surface area contributed by atoms with E-state index >= 15 is 0 Å². The van der Waals surface area contributed by atoms with Crippen molar-refractivity contribution in [3.05, 3.63) is 29.5 Å². The summed E-state index contributed by atoms with van der Waals surface area (Å²) in [5, 5.41) is 3.16. The number of ether oxygens (including phenoxy) is 1. The summed E-state index contributed by atoms with van der Waals surface area (Å²) in [7, 11) is 1.78. The number of carbonyl (C=O) groups is 2. The highest BCUT2D eigenvalue weighted by molar-refractivity contribution is 5.87. The van der Waals surface area contributed by atoms with Crippen LogP contribution in [-0.4, -0.2) is 41.0 Å². The number of rotatable bonds is 2. The minimum atomic E-state index is -0.515. The Labute approximate surface area is 136 Å². The fraction of sp³-hybridized carbons (Fsp3) is 0.471. The highest BCUT2D eigenvalue weighted by Gasteiger charge is 2.16. The van der Waals surface area contributed by atoms with Crippen molar-refractivity contribution < 1.29 is 14.3 Å². The molecule has 124 valence electrons. The quantitative estimate of drug-likeness (QED) is 0.669. The van der Waals surface area contributed by atoms with Crippen molar-refractivity contribution in [2.45, 2.75) is 39.3 Å². The van der Waals surface area contributed by atoms with Crippen molar-refractivity contribution in [1.82, 2.24) is 9.88 Å². The van der Waals surface area contributed by atoms with Crippen LogP contribution in [0.4, 0.5) is 5.82 Å². The molecule has 2 heterocycles. The smallest absolute Gasteiger partial charge is 0.331 e. The van der Waals surface area contributed by atoms with Crippen LogP contribution in [0.25, 0.3) is 6.08 Å². The highest BCUT2D eigenvalue weighted by Crippen LogP contribution is 2.19. The number of nitrogens with one attached hydrogen (secondary N) is 1. The van der Waals surface area contributed by atoms with Crippen LogP contribution >= 0.6 is 0 Å². The van der Waals surface area contributed by atoms with Gasteiger partial charge < -0.3 is 15.0 Å². The van der Waals surface area contributed by atoms with Crippen molar-refractivity contribution >= 4 is 23.8 Å². The van der Waals surface area contributed by atoms with E-state index < -0.39 is 11.6 Å². The van der Waals surface area contributed by atoms with Gasteiger partial charge in [0.25, 0.3) is 0 Å². The normalized spacial score (nSPS) is 15.7. The van der Waals surface area contributed by atoms with Gasteiger partial charge in [-0.2, -0.15) is 0 Å². The lowest BCUT2D eigenvalue weighted by Gasteiger charge is -2.23. The lowest BCUT2D eigenvalue weighted by molar-refractivity contribution is -0.148. The molecule has 0 saturated heterocycles. The third-order valence-corrected chi connectivity index (χ3v) is 3.27. The molecule has 1 aliphatic heterocycles. The fourth-order valence-corrected chi connectivity index (χ4v) is 2.22. The van der Waals surface area contributed by atoms with Gasteiger partial charge in [0, 0.05) is 44.4 Å². The topological polar surface area (TPSA) is 71.5 Å². The summed E-state index contributed by atoms with van der Waals surface area (Å²) in [4.78, 5) is 29.6. The number of amides is 1. The Morgan fingerprint density at radius 3 is 2.87 bits per heavy atom. The number of carbonyl (C=O) groups excluding carboxylic acids is 2. The monoisotopic (exact) mass is 317 g/mol. The average Bonchev–Trinajstić information content (AvgIpc) is 2.43. The van der Waals surface area contributed by atoms with Gasteiger partial charge in [0.1, 0.15) is 11.4 Å². The van der Waals surface area contributed by atoms with E-state index in [1.807, 2.05) is 26.8 Å². The molecule has 0 spiro atoms. The SMILES string of the molecule is CN1Cc2cc(/C=C/C(=O)OC(C)(C)C)cnc2NCCC1=O. The van der Waals surface area contributed by atoms with Gasteiger partial charge in [0.2, 0.25) is 5.91 Å². The van der Waals surface area contributed by atoms with E-state index in [1.54, 1.807) is 24.2 Å². The molecule has 23 heavy (non-hydrogen) atoms. The largest absolute Gasteiger partial charge is 0.457 e. The zero-order valence-corrected chi connectivity index (χ0v) is 14.0. The molecule has 6 nitrogen and oxygen atoms in total. The first-order chi connectivity index (χ1) is 10.7. The van der Waals surface area contributed by atoms with E-state index in [2.05, 4.69) is 10.3 Å². The predicted octanol–water partition coefficient (Wildman–Crippen LogP) is 2.21. The van der Waals surface area contributed by atoms with Crippen molar-refractivity contribution in [2.75, 3.05) is 18.9 Å². The number of pyridine rings is 1. The Bertz CT molecular complexity index is 632. The third kappa shape index (κ3) is 5.09. The zero-order chi connectivity index (χ0) is 17.0. The minimum Gasteiger partial charge on any atom is -0.457 e. The first-order valence-electron chi connectivity index (χ1n) is 7.62. The summed E-state index contributed by atoms with van der Waals surface area (Å²) in [6.45, 7) is 6.52. The van der Waals surface area contributed by atoms with Crippen LogP contribution in [0.15, 0.2) is 18.3 Å². The van der Waals surface area contributed by atoms with Crippen LogP contribution < -0.4 is 5.32 Å². The summed E-state index contributed by atoms with van der Waals surface area (Å²) < 4.78 is 5.23. The molecule has 1 aromatic heterocycles. The minimum absolute atomic E-state index is 0.0952. The maximum Gasteiger partial charge on any atom is 0.331 e. The van der Waals surface area contributed by atoms with E-state index in [0.717, 1.165) is 16.9 Å². The predicted molar refractivity (Wildman–Crippen MR) is 88.7 cm³/mol. The number of anilines is 1. The number of nitrogens with zero attached hydrogens (tertiary/aromatic N) is 2. The van der Waals surface area contributed by atoms with Gasteiger partial charge in [0.15, 0.2) is 0 Å². The van der Waals surface area contributed by atoms with Crippen LogP contribution in [-0.2, 0) is 20.9 Å². The van der Waals surface area contributed by atoms with Gasteiger partial charge >= 0.3 is 5.97 Å². The lowest BCUT2D eigenvalue weighted by Crippen LogP contribution is -2.30. The molecule has 0 bridgehead atoms. The molecule has 1 aliphatic rings. The molecule has 6 heteroatoms. The second kappa shape index (κ2) is 6.81. The second-order valence-corrected chi connectivity index (χ2v) is 6.57. The molecule has 0 saturated carbocycles. The Balaban J connectivity index is 2.15. The lowest BCUT2D eigenvalue weighted by atomic mass is 10.1. The molecule has 1 aromatic rings. The molecule has 0 aromatic carbocycles. The molecule has 0 fully saturated rings. The molecule has 0 atom stereocenters. The number of esters is 1. The number of hydrogen-bond donors (Lipinski definition) is 1. The Hall–Kier alpha value is -2.37. The first kappa shape index (κ1) is 17.0. The van der Waals surface area contributed by atoms with Crippen LogP contribution in [0, 0.1) is 0 Å². The van der Waals surface area contributed by atoms with E-state index in [4.69, 9.17) is 4.74 Å². The Morgan fingerprint density at radius 1 is 1.43 bits per heavy atom. The standard InChI is InChI=1S/C17H23N3O3/c1-17(2,3)23-15(22)6-5-12-9-13-11-20(4)14(21)7-8-18-16(13)19-10-12/h5-6,9-10H,7-8,11H2,1-4H3,(H,18,19)/b6-5+. The fourth-order valence-electron chi connectivity index (χ4n) is 2.22. The van der Waals surface area contributed by atoms with Gasteiger partial charge in [-0.05, 0) is 38.5 Å². The second-order valence-electron chi connectivity index (χ2n) is 6.57. The summed E-state index contributed by atoms with van der Waals surface area (Å²) in [6, 6.07) is 1.92. The van der Waals surface area contributed by atoms with Crippen LogP contribution in [0.2, 0.25) is 0 Å². The van der Waals surface area contributed by atoms with Crippen LogP contribution in [0.5, 0.6) is 0 Å². The average molecular weight is 317 g/mol. The number of hydrogen-bond acceptors (Lipinski definition) is 5. The maximum atomic E-state index is 11.8. The number of fused-ring (bicyclic) bond motifs is 1. The Morgan fingerprint density at radius 2 is 2.17 bits per heavy atom. The summed E-state index contributed by atoms with van der Waals surface area (Å²) in [5.74, 6) is 0.478. The molecular formula is C17H23N3O3. The van der Waals surface area contributed by atoms with Gasteiger partial charge in [-0.1, -0.05) is 0 Å². The Kier molecular flexibility index (Phi) is 5.03. The molecule has 1 amide bonds. The van der Waals surface area contributed by atoms with Crippen LogP contribution in [0.3, 0.4) is 0 Å². The molecule has 0 radical (unpaired) electrons. The highest BCUT2D eigenvalue weighted by atomic mass is 16.6.